The molecular weight excluding hydrogens is 258 g/mol. The van der Waals surface area contributed by atoms with E-state index in [0.29, 0.717) is 16.1 Å². The molecule has 0 radical (unpaired) electrons. The zero-order valence-corrected chi connectivity index (χ0v) is 9.63. The van der Waals surface area contributed by atoms with Gasteiger partial charge in [-0.15, -0.1) is 0 Å². The van der Waals surface area contributed by atoms with Gasteiger partial charge in [0.15, 0.2) is 5.58 Å². The highest BCUT2D eigenvalue weighted by molar-refractivity contribution is 6.30. The van der Waals surface area contributed by atoms with Crippen molar-refractivity contribution in [3.05, 3.63) is 41.2 Å². The number of carbonyl (C=O) groups is 1. The predicted molar refractivity (Wildman–Crippen MR) is 63.1 cm³/mol. The van der Waals surface area contributed by atoms with E-state index in [1.807, 2.05) is 0 Å². The van der Waals surface area contributed by atoms with E-state index >= 15 is 0 Å². The van der Waals surface area contributed by atoms with Gasteiger partial charge in [-0.2, -0.15) is 14.8 Å². The largest absolute Gasteiger partial charge is 0.478 e. The van der Waals surface area contributed by atoms with Gasteiger partial charge >= 0.3 is 12.0 Å². The Morgan fingerprint density at radius 3 is 2.94 bits per heavy atom. The normalized spacial score (nSPS) is 10.9. The van der Waals surface area contributed by atoms with Gasteiger partial charge in [0.25, 0.3) is 0 Å². The van der Waals surface area contributed by atoms with Crippen molar-refractivity contribution >= 4 is 28.7 Å². The van der Waals surface area contributed by atoms with Crippen LogP contribution < -0.4 is 0 Å². The fourth-order valence-corrected chi connectivity index (χ4v) is 1.69. The number of hydrogen-bond acceptors (Lipinski definition) is 4. The first-order valence-corrected chi connectivity index (χ1v) is 5.36. The predicted octanol–water partition coefficient (Wildman–Crippen LogP) is 2.37. The topological polar surface area (TPSA) is 81.1 Å². The molecule has 18 heavy (non-hydrogen) atoms. The third-order valence-electron chi connectivity index (χ3n) is 2.37. The van der Waals surface area contributed by atoms with E-state index in [2.05, 4.69) is 10.1 Å². The van der Waals surface area contributed by atoms with Crippen LogP contribution in [0.25, 0.3) is 17.1 Å². The maximum absolute atomic E-state index is 10.8. The molecular formula is C11H6ClN3O3. The average molecular weight is 264 g/mol. The van der Waals surface area contributed by atoms with Gasteiger partial charge in [0, 0.05) is 0 Å². The number of rotatable bonds is 2. The lowest BCUT2D eigenvalue weighted by atomic mass is 10.2. The van der Waals surface area contributed by atoms with Crippen molar-refractivity contribution < 1.29 is 14.3 Å². The van der Waals surface area contributed by atoms with E-state index in [4.69, 9.17) is 21.1 Å². The monoisotopic (exact) mass is 263 g/mol. The van der Waals surface area contributed by atoms with Crippen LogP contribution in [0.1, 0.15) is 10.4 Å². The first-order valence-electron chi connectivity index (χ1n) is 4.98. The van der Waals surface area contributed by atoms with Crippen LogP contribution in [0.15, 0.2) is 35.0 Å². The Bertz CT molecular complexity index is 747. The molecule has 0 saturated carbocycles. The van der Waals surface area contributed by atoms with Crippen LogP contribution in [0.4, 0.5) is 0 Å². The number of nitrogens with zero attached hydrogens (tertiary/aromatic N) is 3. The highest BCUT2D eigenvalue weighted by Gasteiger charge is 2.11. The minimum absolute atomic E-state index is 0.142. The standard InChI is InChI=1S/C11H6ClN3O3/c12-7-4-13-15(5-7)11-14-8-2-1-6(10(16)17)3-9(8)18-11/h1-5H,(H,16,17). The molecule has 0 saturated heterocycles. The first-order chi connectivity index (χ1) is 8.63. The Morgan fingerprint density at radius 2 is 2.28 bits per heavy atom. The molecule has 0 atom stereocenters. The number of halogens is 1. The van der Waals surface area contributed by atoms with Crippen molar-refractivity contribution in [3.8, 4) is 6.01 Å². The second-order valence-corrected chi connectivity index (χ2v) is 4.02. The van der Waals surface area contributed by atoms with Crippen LogP contribution in [0.2, 0.25) is 5.02 Å². The molecule has 0 aliphatic rings. The lowest BCUT2D eigenvalue weighted by Crippen LogP contribution is -1.94. The molecule has 90 valence electrons. The van der Waals surface area contributed by atoms with Gasteiger partial charge in [-0.05, 0) is 18.2 Å². The molecule has 2 aromatic heterocycles. The average Bonchev–Trinajstić information content (AvgIpc) is 2.93. The van der Waals surface area contributed by atoms with Gasteiger partial charge in [-0.1, -0.05) is 11.6 Å². The number of carboxylic acids is 1. The third-order valence-corrected chi connectivity index (χ3v) is 2.57. The van der Waals surface area contributed by atoms with Gasteiger partial charge in [0.2, 0.25) is 0 Å². The number of carboxylic acid groups (broad SMARTS) is 1. The Labute approximate surface area is 105 Å². The maximum atomic E-state index is 10.8. The fourth-order valence-electron chi connectivity index (χ4n) is 1.55. The maximum Gasteiger partial charge on any atom is 0.335 e. The van der Waals surface area contributed by atoms with E-state index in [1.54, 1.807) is 12.3 Å². The number of benzene rings is 1. The van der Waals surface area contributed by atoms with Crippen LogP contribution in [0, 0.1) is 0 Å². The lowest BCUT2D eigenvalue weighted by molar-refractivity contribution is 0.0697. The third kappa shape index (κ3) is 1.72. The quantitative estimate of drug-likeness (QED) is 0.767. The summed E-state index contributed by atoms with van der Waals surface area (Å²) < 4.78 is 6.80. The lowest BCUT2D eigenvalue weighted by Gasteiger charge is -1.91. The smallest absolute Gasteiger partial charge is 0.335 e. The molecule has 1 N–H and O–H groups in total. The van der Waals surface area contributed by atoms with E-state index < -0.39 is 5.97 Å². The number of aromatic carboxylic acids is 1. The Balaban J connectivity index is 2.13. The molecule has 0 unspecified atom stereocenters. The van der Waals surface area contributed by atoms with E-state index in [9.17, 15) is 4.79 Å². The Hall–Kier alpha value is -2.34. The fraction of sp³-hybridized carbons (Fsp3) is 0. The minimum atomic E-state index is -1.02. The van der Waals surface area contributed by atoms with Gasteiger partial charge in [-0.25, -0.2) is 4.79 Å². The van der Waals surface area contributed by atoms with Crippen LogP contribution in [-0.4, -0.2) is 25.8 Å². The van der Waals surface area contributed by atoms with Crippen molar-refractivity contribution in [2.45, 2.75) is 0 Å². The zero-order chi connectivity index (χ0) is 12.7. The molecule has 3 rings (SSSR count). The summed E-state index contributed by atoms with van der Waals surface area (Å²) in [5.41, 5.74) is 1.09. The summed E-state index contributed by atoms with van der Waals surface area (Å²) in [6.07, 6.45) is 3.00. The number of hydrogen-bond donors (Lipinski definition) is 1. The summed E-state index contributed by atoms with van der Waals surface area (Å²) in [7, 11) is 0. The number of fused-ring (bicyclic) bond motifs is 1. The Kier molecular flexibility index (Phi) is 2.31. The molecule has 6 nitrogen and oxygen atoms in total. The molecule has 7 heteroatoms. The molecule has 0 aliphatic carbocycles. The van der Waals surface area contributed by atoms with Crippen molar-refractivity contribution in [1.29, 1.82) is 0 Å². The summed E-state index contributed by atoms with van der Waals surface area (Å²) in [5, 5.41) is 13.3. The van der Waals surface area contributed by atoms with Gasteiger partial charge in [0.1, 0.15) is 5.52 Å². The minimum Gasteiger partial charge on any atom is -0.478 e. The molecule has 0 amide bonds. The highest BCUT2D eigenvalue weighted by Crippen LogP contribution is 2.20. The summed E-state index contributed by atoms with van der Waals surface area (Å²) in [6, 6.07) is 4.70. The van der Waals surface area contributed by atoms with Crippen LogP contribution in [0.5, 0.6) is 0 Å². The summed E-state index contributed by atoms with van der Waals surface area (Å²) >= 11 is 5.75. The second-order valence-electron chi connectivity index (χ2n) is 3.59. The molecule has 1 aromatic carbocycles. The van der Waals surface area contributed by atoms with Crippen molar-refractivity contribution in [2.75, 3.05) is 0 Å². The number of oxazole rings is 1. The SMILES string of the molecule is O=C(O)c1ccc2nc(-n3cc(Cl)cn3)oc2c1. The molecule has 0 spiro atoms. The van der Waals surface area contributed by atoms with Crippen LogP contribution >= 0.6 is 11.6 Å². The van der Waals surface area contributed by atoms with Crippen LogP contribution in [0.3, 0.4) is 0 Å². The van der Waals surface area contributed by atoms with E-state index in [1.165, 1.54) is 23.0 Å². The van der Waals surface area contributed by atoms with Gasteiger partial charge in [0.05, 0.1) is 23.0 Å². The van der Waals surface area contributed by atoms with E-state index in [-0.39, 0.29) is 11.6 Å². The Morgan fingerprint density at radius 1 is 1.44 bits per heavy atom. The molecule has 0 aliphatic heterocycles. The second kappa shape index (κ2) is 3.85. The molecule has 3 aromatic rings. The highest BCUT2D eigenvalue weighted by atomic mass is 35.5. The summed E-state index contributed by atoms with van der Waals surface area (Å²) in [6.45, 7) is 0. The van der Waals surface area contributed by atoms with Crippen LogP contribution in [-0.2, 0) is 0 Å². The summed E-state index contributed by atoms with van der Waals surface area (Å²) in [5.74, 6) is -1.02. The molecule has 0 bridgehead atoms. The van der Waals surface area contributed by atoms with Gasteiger partial charge in [-0.3, -0.25) is 0 Å². The van der Waals surface area contributed by atoms with E-state index in [0.717, 1.165) is 0 Å². The summed E-state index contributed by atoms with van der Waals surface area (Å²) in [4.78, 5) is 15.0. The van der Waals surface area contributed by atoms with Gasteiger partial charge < -0.3 is 9.52 Å². The first kappa shape index (κ1) is 10.8. The molecule has 0 fully saturated rings. The molecule has 2 heterocycles. The van der Waals surface area contributed by atoms with Crippen molar-refractivity contribution in [3.63, 3.8) is 0 Å². The zero-order valence-electron chi connectivity index (χ0n) is 8.87. The van der Waals surface area contributed by atoms with Crippen molar-refractivity contribution in [1.82, 2.24) is 14.8 Å². The number of aromatic nitrogens is 3. The van der Waals surface area contributed by atoms with Crippen molar-refractivity contribution in [2.24, 2.45) is 0 Å².